The molecule has 0 saturated carbocycles. The van der Waals surface area contributed by atoms with Gasteiger partial charge in [-0.2, -0.15) is 0 Å². The predicted molar refractivity (Wildman–Crippen MR) is 65.5 cm³/mol. The van der Waals surface area contributed by atoms with Crippen LogP contribution in [0.3, 0.4) is 0 Å². The number of benzene rings is 1. The lowest BCUT2D eigenvalue weighted by Crippen LogP contribution is -2.13. The first-order chi connectivity index (χ1) is 7.77. The van der Waals surface area contributed by atoms with Gasteiger partial charge in [-0.1, -0.05) is 19.1 Å². The second kappa shape index (κ2) is 3.59. The minimum absolute atomic E-state index is 0.553. The normalized spacial score (nSPS) is 25.4. The van der Waals surface area contributed by atoms with E-state index in [9.17, 15) is 0 Å². The maximum atomic E-state index is 4.77. The number of aromatic nitrogens is 2. The smallest absolute Gasteiger partial charge is 0.114 e. The van der Waals surface area contributed by atoms with Crippen molar-refractivity contribution < 1.29 is 0 Å². The average Bonchev–Trinajstić information content (AvgIpc) is 2.84. The third-order valence-corrected chi connectivity index (χ3v) is 3.67. The van der Waals surface area contributed by atoms with E-state index >= 15 is 0 Å². The van der Waals surface area contributed by atoms with Gasteiger partial charge in [0.05, 0.1) is 11.0 Å². The zero-order chi connectivity index (χ0) is 11.1. The quantitative estimate of drug-likeness (QED) is 0.787. The van der Waals surface area contributed by atoms with Crippen molar-refractivity contribution in [3.63, 3.8) is 0 Å². The average molecular weight is 215 g/mol. The van der Waals surface area contributed by atoms with Crippen molar-refractivity contribution in [2.45, 2.75) is 12.8 Å². The van der Waals surface area contributed by atoms with Crippen molar-refractivity contribution in [1.29, 1.82) is 0 Å². The van der Waals surface area contributed by atoms with Crippen molar-refractivity contribution >= 4 is 11.0 Å². The molecular formula is C13H17N3. The van der Waals surface area contributed by atoms with Gasteiger partial charge in [-0.25, -0.2) is 4.98 Å². The summed E-state index contributed by atoms with van der Waals surface area (Å²) >= 11 is 0. The van der Waals surface area contributed by atoms with Crippen molar-refractivity contribution in [2.24, 2.45) is 13.0 Å². The summed E-state index contributed by atoms with van der Waals surface area (Å²) in [5.41, 5.74) is 2.34. The first-order valence-electron chi connectivity index (χ1n) is 5.89. The summed E-state index contributed by atoms with van der Waals surface area (Å²) in [5.74, 6) is 2.45. The van der Waals surface area contributed by atoms with Crippen molar-refractivity contribution in [2.75, 3.05) is 13.1 Å². The number of nitrogens with zero attached hydrogens (tertiary/aromatic N) is 2. The van der Waals surface area contributed by atoms with Crippen LogP contribution in [0, 0.1) is 5.92 Å². The van der Waals surface area contributed by atoms with Crippen molar-refractivity contribution in [1.82, 2.24) is 14.9 Å². The number of hydrogen-bond acceptors (Lipinski definition) is 2. The third kappa shape index (κ3) is 1.35. The number of nitrogens with one attached hydrogen (secondary N) is 1. The molecule has 1 aliphatic heterocycles. The minimum atomic E-state index is 0.553. The molecule has 0 aliphatic carbocycles. The Labute approximate surface area is 95.5 Å². The molecule has 0 unspecified atom stereocenters. The first kappa shape index (κ1) is 9.85. The van der Waals surface area contributed by atoms with E-state index in [1.165, 1.54) is 11.3 Å². The molecule has 1 aromatic carbocycles. The van der Waals surface area contributed by atoms with Crippen LogP contribution in [-0.4, -0.2) is 22.6 Å². The summed E-state index contributed by atoms with van der Waals surface area (Å²) in [4.78, 5) is 4.77. The Morgan fingerprint density at radius 2 is 2.12 bits per heavy atom. The van der Waals surface area contributed by atoms with Crippen LogP contribution in [0.4, 0.5) is 0 Å². The number of para-hydroxylation sites is 2. The Bertz CT molecular complexity index is 515. The van der Waals surface area contributed by atoms with Crippen LogP contribution in [0.25, 0.3) is 11.0 Å². The van der Waals surface area contributed by atoms with Gasteiger partial charge in [-0.15, -0.1) is 0 Å². The van der Waals surface area contributed by atoms with Gasteiger partial charge >= 0.3 is 0 Å². The third-order valence-electron chi connectivity index (χ3n) is 3.67. The summed E-state index contributed by atoms with van der Waals surface area (Å²) in [6.07, 6.45) is 0. The fourth-order valence-corrected chi connectivity index (χ4v) is 2.65. The maximum absolute atomic E-state index is 4.77. The van der Waals surface area contributed by atoms with Gasteiger partial charge in [-0.05, 0) is 24.6 Å². The monoisotopic (exact) mass is 215 g/mol. The zero-order valence-electron chi connectivity index (χ0n) is 9.77. The summed E-state index contributed by atoms with van der Waals surface area (Å²) in [6, 6.07) is 8.35. The van der Waals surface area contributed by atoms with E-state index in [4.69, 9.17) is 4.98 Å². The van der Waals surface area contributed by atoms with Crippen LogP contribution in [0.2, 0.25) is 0 Å². The highest BCUT2D eigenvalue weighted by Gasteiger charge is 2.28. The molecule has 0 radical (unpaired) electrons. The molecule has 3 rings (SSSR count). The molecular weight excluding hydrogens is 198 g/mol. The Kier molecular flexibility index (Phi) is 2.21. The van der Waals surface area contributed by atoms with Crippen LogP contribution in [0.1, 0.15) is 18.7 Å². The SMILES string of the molecule is C[C@@H]1CNC[C@H]1c1nc2ccccc2n1C. The molecule has 2 atom stereocenters. The van der Waals surface area contributed by atoms with E-state index in [-0.39, 0.29) is 0 Å². The first-order valence-corrected chi connectivity index (χ1v) is 5.89. The number of imidazole rings is 1. The van der Waals surface area contributed by atoms with E-state index in [0.717, 1.165) is 18.6 Å². The number of fused-ring (bicyclic) bond motifs is 1. The largest absolute Gasteiger partial charge is 0.331 e. The Morgan fingerprint density at radius 1 is 1.31 bits per heavy atom. The molecule has 16 heavy (non-hydrogen) atoms. The standard InChI is InChI=1S/C13H17N3/c1-9-7-14-8-10(9)13-15-11-5-3-4-6-12(11)16(13)2/h3-6,9-10,14H,7-8H2,1-2H3/t9-,10-/m1/s1. The summed E-state index contributed by atoms with van der Waals surface area (Å²) < 4.78 is 2.24. The molecule has 1 saturated heterocycles. The van der Waals surface area contributed by atoms with Crippen molar-refractivity contribution in [3.8, 4) is 0 Å². The van der Waals surface area contributed by atoms with E-state index in [2.05, 4.69) is 48.1 Å². The van der Waals surface area contributed by atoms with Gasteiger partial charge in [-0.3, -0.25) is 0 Å². The molecule has 2 heterocycles. The van der Waals surface area contributed by atoms with Crippen LogP contribution in [-0.2, 0) is 7.05 Å². The van der Waals surface area contributed by atoms with Crippen LogP contribution in [0.5, 0.6) is 0 Å². The van der Waals surface area contributed by atoms with E-state index in [1.807, 2.05) is 0 Å². The molecule has 0 amide bonds. The topological polar surface area (TPSA) is 29.9 Å². The molecule has 0 spiro atoms. The summed E-state index contributed by atoms with van der Waals surface area (Å²) in [5, 5.41) is 3.44. The van der Waals surface area contributed by atoms with Gasteiger partial charge in [0.1, 0.15) is 5.82 Å². The van der Waals surface area contributed by atoms with Crippen LogP contribution < -0.4 is 5.32 Å². The van der Waals surface area contributed by atoms with E-state index < -0.39 is 0 Å². The van der Waals surface area contributed by atoms with Crippen LogP contribution in [0.15, 0.2) is 24.3 Å². The number of hydrogen-bond donors (Lipinski definition) is 1. The molecule has 1 aromatic heterocycles. The predicted octanol–water partition coefficient (Wildman–Crippen LogP) is 1.90. The zero-order valence-corrected chi connectivity index (χ0v) is 9.77. The highest BCUT2D eigenvalue weighted by atomic mass is 15.1. The van der Waals surface area contributed by atoms with Gasteiger partial charge in [0, 0.05) is 19.5 Å². The lowest BCUT2D eigenvalue weighted by Gasteiger charge is -2.13. The summed E-state index contributed by atoms with van der Waals surface area (Å²) in [6.45, 7) is 4.45. The number of aryl methyl sites for hydroxylation is 1. The Hall–Kier alpha value is -1.35. The van der Waals surface area contributed by atoms with Crippen molar-refractivity contribution in [3.05, 3.63) is 30.1 Å². The second-order valence-corrected chi connectivity index (χ2v) is 4.76. The Balaban J connectivity index is 2.13. The van der Waals surface area contributed by atoms with Gasteiger partial charge < -0.3 is 9.88 Å². The molecule has 84 valence electrons. The highest BCUT2D eigenvalue weighted by molar-refractivity contribution is 5.75. The minimum Gasteiger partial charge on any atom is -0.331 e. The second-order valence-electron chi connectivity index (χ2n) is 4.76. The van der Waals surface area contributed by atoms with Gasteiger partial charge in [0.2, 0.25) is 0 Å². The fourth-order valence-electron chi connectivity index (χ4n) is 2.65. The van der Waals surface area contributed by atoms with Gasteiger partial charge in [0.15, 0.2) is 0 Å². The lowest BCUT2D eigenvalue weighted by molar-refractivity contribution is 0.533. The molecule has 1 fully saturated rings. The molecule has 1 N–H and O–H groups in total. The molecule has 3 nitrogen and oxygen atoms in total. The van der Waals surface area contributed by atoms with Gasteiger partial charge in [0.25, 0.3) is 0 Å². The molecule has 0 bridgehead atoms. The highest BCUT2D eigenvalue weighted by Crippen LogP contribution is 2.28. The number of rotatable bonds is 1. The fraction of sp³-hybridized carbons (Fsp3) is 0.462. The Morgan fingerprint density at radius 3 is 2.81 bits per heavy atom. The van der Waals surface area contributed by atoms with E-state index in [1.54, 1.807) is 0 Å². The lowest BCUT2D eigenvalue weighted by atomic mass is 9.97. The van der Waals surface area contributed by atoms with Crippen LogP contribution >= 0.6 is 0 Å². The molecule has 2 aromatic rings. The molecule has 3 heteroatoms. The summed E-state index contributed by atoms with van der Waals surface area (Å²) in [7, 11) is 2.12. The maximum Gasteiger partial charge on any atom is 0.114 e. The van der Waals surface area contributed by atoms with E-state index in [0.29, 0.717) is 11.8 Å². The molecule has 1 aliphatic rings.